The van der Waals surface area contributed by atoms with Gasteiger partial charge >= 0.3 is 0 Å². The Morgan fingerprint density at radius 3 is 2.58 bits per heavy atom. The summed E-state index contributed by atoms with van der Waals surface area (Å²) in [7, 11) is 0. The number of nitrogens with one attached hydrogen (secondary N) is 1. The summed E-state index contributed by atoms with van der Waals surface area (Å²) >= 11 is 2.13. The third kappa shape index (κ3) is 3.33. The van der Waals surface area contributed by atoms with Crippen molar-refractivity contribution in [2.24, 2.45) is 0 Å². The lowest BCUT2D eigenvalue weighted by atomic mass is 9.95. The van der Waals surface area contributed by atoms with E-state index in [-0.39, 0.29) is 0 Å². The van der Waals surface area contributed by atoms with Crippen LogP contribution < -0.4 is 5.32 Å². The minimum absolute atomic E-state index is 0.623. The van der Waals surface area contributed by atoms with Gasteiger partial charge in [-0.2, -0.15) is 11.8 Å². The number of thioether (sulfide) groups is 1. The summed E-state index contributed by atoms with van der Waals surface area (Å²) in [6.45, 7) is 9.44. The molecule has 2 aliphatic heterocycles. The second-order valence-electron chi connectivity index (χ2n) is 6.03. The van der Waals surface area contributed by atoms with Crippen molar-refractivity contribution in [3.63, 3.8) is 0 Å². The zero-order valence-corrected chi connectivity index (χ0v) is 12.7. The predicted octanol–water partition coefficient (Wildman–Crippen LogP) is 2.53. The second kappa shape index (κ2) is 5.86. The summed E-state index contributed by atoms with van der Waals surface area (Å²) in [5.41, 5.74) is 3.02. The molecule has 2 heterocycles. The molecule has 0 aromatic heterocycles. The zero-order valence-electron chi connectivity index (χ0n) is 11.9. The van der Waals surface area contributed by atoms with Gasteiger partial charge in [0.15, 0.2) is 0 Å². The first-order valence-electron chi connectivity index (χ1n) is 7.38. The molecule has 1 fully saturated rings. The molecule has 0 bridgehead atoms. The number of hydrogen-bond donors (Lipinski definition) is 1. The lowest BCUT2D eigenvalue weighted by Crippen LogP contribution is -2.49. The van der Waals surface area contributed by atoms with Crippen LogP contribution in [0, 0.1) is 0 Å². The van der Waals surface area contributed by atoms with Crippen LogP contribution in [0.1, 0.15) is 25.0 Å². The molecule has 19 heavy (non-hydrogen) atoms. The molecular formula is C16H24N2S. The van der Waals surface area contributed by atoms with Gasteiger partial charge in [-0.3, -0.25) is 4.90 Å². The van der Waals surface area contributed by atoms with Crippen LogP contribution in [0.5, 0.6) is 0 Å². The number of benzene rings is 1. The Morgan fingerprint density at radius 2 is 1.84 bits per heavy atom. The first-order chi connectivity index (χ1) is 9.20. The van der Waals surface area contributed by atoms with E-state index in [2.05, 4.69) is 60.1 Å². The van der Waals surface area contributed by atoms with Gasteiger partial charge in [0.2, 0.25) is 0 Å². The van der Waals surface area contributed by atoms with E-state index >= 15 is 0 Å². The van der Waals surface area contributed by atoms with Crippen LogP contribution in [0.15, 0.2) is 24.3 Å². The fourth-order valence-corrected chi connectivity index (χ4v) is 4.78. The van der Waals surface area contributed by atoms with Gasteiger partial charge in [-0.25, -0.2) is 0 Å². The van der Waals surface area contributed by atoms with Crippen LogP contribution in [0.2, 0.25) is 0 Å². The SMILES string of the molecule is CC1CN(CC2Cc3ccccc3CN2)CC(C)S1. The normalized spacial score (nSPS) is 32.0. The van der Waals surface area contributed by atoms with E-state index in [4.69, 9.17) is 0 Å². The maximum Gasteiger partial charge on any atom is 0.0238 e. The smallest absolute Gasteiger partial charge is 0.0238 e. The van der Waals surface area contributed by atoms with Crippen molar-refractivity contribution in [3.05, 3.63) is 35.4 Å². The van der Waals surface area contributed by atoms with Gasteiger partial charge in [-0.1, -0.05) is 38.1 Å². The molecule has 0 aliphatic carbocycles. The summed E-state index contributed by atoms with van der Waals surface area (Å²) < 4.78 is 0. The first-order valence-corrected chi connectivity index (χ1v) is 8.33. The maximum absolute atomic E-state index is 3.70. The van der Waals surface area contributed by atoms with E-state index < -0.39 is 0 Å². The lowest BCUT2D eigenvalue weighted by Gasteiger charge is -2.38. The highest BCUT2D eigenvalue weighted by Crippen LogP contribution is 2.25. The molecule has 104 valence electrons. The molecule has 0 radical (unpaired) electrons. The zero-order chi connectivity index (χ0) is 13.2. The molecule has 3 rings (SSSR count). The molecule has 1 aromatic rings. The Kier molecular flexibility index (Phi) is 4.15. The standard InChI is InChI=1S/C16H24N2S/c1-12-9-18(10-13(2)19-12)11-16-7-14-5-3-4-6-15(14)8-17-16/h3-6,12-13,16-17H,7-11H2,1-2H3. The van der Waals surface area contributed by atoms with Crippen LogP contribution in [0.4, 0.5) is 0 Å². The van der Waals surface area contributed by atoms with E-state index in [1.165, 1.54) is 31.6 Å². The topological polar surface area (TPSA) is 15.3 Å². The highest BCUT2D eigenvalue weighted by molar-refractivity contribution is 8.00. The van der Waals surface area contributed by atoms with Gasteiger partial charge in [0.25, 0.3) is 0 Å². The average molecular weight is 276 g/mol. The van der Waals surface area contributed by atoms with E-state index in [9.17, 15) is 0 Å². The number of nitrogens with zero attached hydrogens (tertiary/aromatic N) is 1. The molecule has 0 amide bonds. The molecule has 0 spiro atoms. The van der Waals surface area contributed by atoms with Gasteiger partial charge in [0, 0.05) is 42.7 Å². The largest absolute Gasteiger partial charge is 0.308 e. The molecule has 1 aromatic carbocycles. The maximum atomic E-state index is 3.70. The van der Waals surface area contributed by atoms with Crippen molar-refractivity contribution in [1.29, 1.82) is 0 Å². The Bertz CT molecular complexity index is 425. The van der Waals surface area contributed by atoms with Gasteiger partial charge < -0.3 is 5.32 Å². The van der Waals surface area contributed by atoms with Crippen molar-refractivity contribution in [2.75, 3.05) is 19.6 Å². The van der Waals surface area contributed by atoms with Crippen LogP contribution >= 0.6 is 11.8 Å². The average Bonchev–Trinajstić information content (AvgIpc) is 2.37. The molecule has 2 aliphatic rings. The van der Waals surface area contributed by atoms with Crippen LogP contribution in [-0.2, 0) is 13.0 Å². The fraction of sp³-hybridized carbons (Fsp3) is 0.625. The fourth-order valence-electron chi connectivity index (χ4n) is 3.40. The van der Waals surface area contributed by atoms with Crippen molar-refractivity contribution < 1.29 is 0 Å². The molecule has 3 heteroatoms. The van der Waals surface area contributed by atoms with E-state index in [0.29, 0.717) is 6.04 Å². The van der Waals surface area contributed by atoms with Gasteiger partial charge in [-0.15, -0.1) is 0 Å². The molecule has 0 saturated carbocycles. The van der Waals surface area contributed by atoms with E-state index in [1.807, 2.05) is 0 Å². The lowest BCUT2D eigenvalue weighted by molar-refractivity contribution is 0.234. The summed E-state index contributed by atoms with van der Waals surface area (Å²) in [6.07, 6.45) is 1.18. The molecule has 2 nitrogen and oxygen atoms in total. The van der Waals surface area contributed by atoms with Gasteiger partial charge in [-0.05, 0) is 17.5 Å². The van der Waals surface area contributed by atoms with E-state index in [1.54, 1.807) is 5.56 Å². The van der Waals surface area contributed by atoms with Crippen LogP contribution in [0.25, 0.3) is 0 Å². The summed E-state index contributed by atoms with van der Waals surface area (Å²) in [5, 5.41) is 5.26. The third-order valence-corrected chi connectivity index (χ3v) is 5.37. The number of hydrogen-bond acceptors (Lipinski definition) is 3. The summed E-state index contributed by atoms with van der Waals surface area (Å²) in [6, 6.07) is 9.48. The summed E-state index contributed by atoms with van der Waals surface area (Å²) in [4.78, 5) is 2.65. The predicted molar refractivity (Wildman–Crippen MR) is 83.7 cm³/mol. The van der Waals surface area contributed by atoms with Crippen molar-refractivity contribution >= 4 is 11.8 Å². The Morgan fingerprint density at radius 1 is 1.16 bits per heavy atom. The van der Waals surface area contributed by atoms with Crippen LogP contribution in [0.3, 0.4) is 0 Å². The highest BCUT2D eigenvalue weighted by atomic mass is 32.2. The second-order valence-corrected chi connectivity index (χ2v) is 7.91. The quantitative estimate of drug-likeness (QED) is 0.893. The monoisotopic (exact) mass is 276 g/mol. The molecule has 3 unspecified atom stereocenters. The molecular weight excluding hydrogens is 252 g/mol. The molecule has 3 atom stereocenters. The van der Waals surface area contributed by atoms with Crippen molar-refractivity contribution in [3.8, 4) is 0 Å². The van der Waals surface area contributed by atoms with Gasteiger partial charge in [0.1, 0.15) is 0 Å². The van der Waals surface area contributed by atoms with Crippen molar-refractivity contribution in [2.45, 2.75) is 43.4 Å². The Balaban J connectivity index is 1.60. The molecule has 1 saturated heterocycles. The van der Waals surface area contributed by atoms with Crippen molar-refractivity contribution in [1.82, 2.24) is 10.2 Å². The van der Waals surface area contributed by atoms with Crippen LogP contribution in [-0.4, -0.2) is 41.1 Å². The Labute approximate surface area is 121 Å². The molecule has 1 N–H and O–H groups in total. The van der Waals surface area contributed by atoms with E-state index in [0.717, 1.165) is 17.0 Å². The number of rotatable bonds is 2. The minimum atomic E-state index is 0.623. The van der Waals surface area contributed by atoms with Gasteiger partial charge in [0.05, 0.1) is 0 Å². The highest BCUT2D eigenvalue weighted by Gasteiger charge is 2.26. The Hall–Kier alpha value is -0.510. The third-order valence-electron chi connectivity index (χ3n) is 4.14. The first kappa shape index (κ1) is 13.5. The summed E-state index contributed by atoms with van der Waals surface area (Å²) in [5.74, 6) is 0. The number of fused-ring (bicyclic) bond motifs is 1. The minimum Gasteiger partial charge on any atom is -0.308 e.